The molecule has 0 radical (unpaired) electrons. The zero-order valence-corrected chi connectivity index (χ0v) is 17.7. The molecule has 31 heavy (non-hydrogen) atoms. The molecule has 1 fully saturated rings. The summed E-state index contributed by atoms with van der Waals surface area (Å²) in [6.07, 6.45) is 5.88. The number of benzene rings is 2. The predicted octanol–water partition coefficient (Wildman–Crippen LogP) is 4.63. The van der Waals surface area contributed by atoms with Crippen molar-refractivity contribution in [3.05, 3.63) is 66.4 Å². The Morgan fingerprint density at radius 3 is 2.58 bits per heavy atom. The molecule has 1 aliphatic heterocycles. The van der Waals surface area contributed by atoms with Gasteiger partial charge in [0, 0.05) is 28.8 Å². The summed E-state index contributed by atoms with van der Waals surface area (Å²) in [5.41, 5.74) is 10.2. The van der Waals surface area contributed by atoms with E-state index in [1.807, 2.05) is 49.4 Å². The molecule has 0 saturated carbocycles. The van der Waals surface area contributed by atoms with Crippen molar-refractivity contribution in [2.45, 2.75) is 25.9 Å². The first-order chi connectivity index (χ1) is 15.1. The number of nitrogens with two attached hydrogens (primary N) is 1. The average molecular weight is 417 g/mol. The highest BCUT2D eigenvalue weighted by Crippen LogP contribution is 2.25. The monoisotopic (exact) mass is 416 g/mol. The lowest BCUT2D eigenvalue weighted by molar-refractivity contribution is 0.162. The van der Waals surface area contributed by atoms with Crippen molar-refractivity contribution in [2.75, 3.05) is 29.5 Å². The number of rotatable bonds is 7. The second-order valence-corrected chi connectivity index (χ2v) is 7.61. The number of nitrogens with zero attached hydrogens (tertiary/aromatic N) is 2. The third-order valence-electron chi connectivity index (χ3n) is 5.24. The van der Waals surface area contributed by atoms with E-state index in [9.17, 15) is 0 Å². The van der Waals surface area contributed by atoms with Gasteiger partial charge in [-0.2, -0.15) is 4.98 Å². The van der Waals surface area contributed by atoms with Gasteiger partial charge in [-0.05, 0) is 80.9 Å². The molecular formula is C24H28N6O. The van der Waals surface area contributed by atoms with Gasteiger partial charge in [0.15, 0.2) is 0 Å². The minimum absolute atomic E-state index is 0.282. The van der Waals surface area contributed by atoms with Crippen LogP contribution in [-0.2, 0) is 0 Å². The number of nitrogen functional groups attached to an aromatic ring is 1. The smallest absolute Gasteiger partial charge is 0.229 e. The van der Waals surface area contributed by atoms with E-state index in [1.165, 1.54) is 0 Å². The Kier molecular flexibility index (Phi) is 6.33. The van der Waals surface area contributed by atoms with Crippen LogP contribution in [0.3, 0.4) is 0 Å². The van der Waals surface area contributed by atoms with Crippen molar-refractivity contribution in [1.29, 1.82) is 0 Å². The molecule has 0 bridgehead atoms. The molecule has 160 valence electrons. The van der Waals surface area contributed by atoms with Crippen LogP contribution in [0.1, 0.15) is 24.0 Å². The summed E-state index contributed by atoms with van der Waals surface area (Å²) in [6, 6.07) is 13.6. The fraction of sp³-hybridized carbons (Fsp3) is 0.250. The van der Waals surface area contributed by atoms with Gasteiger partial charge in [-0.1, -0.05) is 12.7 Å². The Hall–Kier alpha value is -3.58. The van der Waals surface area contributed by atoms with Gasteiger partial charge in [-0.15, -0.1) is 0 Å². The number of hydrogen-bond donors (Lipinski definition) is 4. The van der Waals surface area contributed by atoms with Crippen LogP contribution in [0.5, 0.6) is 5.75 Å². The van der Waals surface area contributed by atoms with Crippen LogP contribution in [0.25, 0.3) is 6.08 Å². The Bertz CT molecular complexity index is 1040. The first-order valence-electron chi connectivity index (χ1n) is 10.5. The molecule has 1 aromatic heterocycles. The van der Waals surface area contributed by atoms with Crippen LogP contribution in [0, 0.1) is 6.92 Å². The highest BCUT2D eigenvalue weighted by molar-refractivity contribution is 5.71. The summed E-state index contributed by atoms with van der Waals surface area (Å²) >= 11 is 0. The SMILES string of the molecule is C=Cc1cc(Nc2nc(Nc3ccc(OC4CCNCC4)cc3)ncc2C)ccc1N. The Labute approximate surface area is 182 Å². The molecule has 7 heteroatoms. The molecule has 4 rings (SSSR count). The van der Waals surface area contributed by atoms with E-state index in [2.05, 4.69) is 32.5 Å². The minimum Gasteiger partial charge on any atom is -0.490 e. The molecule has 0 spiro atoms. The highest BCUT2D eigenvalue weighted by atomic mass is 16.5. The van der Waals surface area contributed by atoms with E-state index >= 15 is 0 Å². The van der Waals surface area contributed by atoms with Gasteiger partial charge < -0.3 is 26.4 Å². The van der Waals surface area contributed by atoms with Crippen molar-refractivity contribution in [3.8, 4) is 5.75 Å². The quantitative estimate of drug-likeness (QED) is 0.417. The molecule has 0 unspecified atom stereocenters. The van der Waals surface area contributed by atoms with E-state index < -0.39 is 0 Å². The predicted molar refractivity (Wildman–Crippen MR) is 127 cm³/mol. The van der Waals surface area contributed by atoms with E-state index in [4.69, 9.17) is 10.5 Å². The van der Waals surface area contributed by atoms with E-state index in [-0.39, 0.29) is 6.10 Å². The van der Waals surface area contributed by atoms with Gasteiger partial charge in [0.1, 0.15) is 17.7 Å². The largest absolute Gasteiger partial charge is 0.490 e. The van der Waals surface area contributed by atoms with E-state index in [1.54, 1.807) is 12.3 Å². The number of ether oxygens (including phenoxy) is 1. The van der Waals surface area contributed by atoms with Crippen LogP contribution in [0.2, 0.25) is 0 Å². The molecule has 1 aliphatic rings. The number of aryl methyl sites for hydroxylation is 1. The Morgan fingerprint density at radius 2 is 1.84 bits per heavy atom. The van der Waals surface area contributed by atoms with Gasteiger partial charge in [0.05, 0.1) is 0 Å². The lowest BCUT2D eigenvalue weighted by Gasteiger charge is -2.23. The summed E-state index contributed by atoms with van der Waals surface area (Å²) in [4.78, 5) is 9.03. The van der Waals surface area contributed by atoms with Gasteiger partial charge in [0.25, 0.3) is 0 Å². The van der Waals surface area contributed by atoms with Crippen molar-refractivity contribution >= 4 is 34.9 Å². The molecule has 0 aliphatic carbocycles. The summed E-state index contributed by atoms with van der Waals surface area (Å²) in [6.45, 7) is 7.79. The molecule has 0 atom stereocenters. The van der Waals surface area contributed by atoms with Crippen LogP contribution >= 0.6 is 0 Å². The molecule has 0 amide bonds. The van der Waals surface area contributed by atoms with Crippen molar-refractivity contribution < 1.29 is 4.74 Å². The molecule has 2 aromatic carbocycles. The van der Waals surface area contributed by atoms with Gasteiger partial charge in [-0.25, -0.2) is 4.98 Å². The maximum absolute atomic E-state index is 6.06. The summed E-state index contributed by atoms with van der Waals surface area (Å²) in [5, 5.41) is 9.94. The third-order valence-corrected chi connectivity index (χ3v) is 5.24. The Morgan fingerprint density at radius 1 is 1.10 bits per heavy atom. The van der Waals surface area contributed by atoms with Crippen LogP contribution in [0.15, 0.2) is 55.2 Å². The Balaban J connectivity index is 1.43. The molecular weight excluding hydrogens is 388 g/mol. The molecule has 2 heterocycles. The maximum Gasteiger partial charge on any atom is 0.229 e. The molecule has 3 aromatic rings. The zero-order chi connectivity index (χ0) is 21.6. The first-order valence-corrected chi connectivity index (χ1v) is 10.5. The fourth-order valence-electron chi connectivity index (χ4n) is 3.45. The molecule has 7 nitrogen and oxygen atoms in total. The molecule has 5 N–H and O–H groups in total. The molecule has 1 saturated heterocycles. The van der Waals surface area contributed by atoms with Crippen molar-refractivity contribution in [3.63, 3.8) is 0 Å². The number of anilines is 5. The van der Waals surface area contributed by atoms with Crippen molar-refractivity contribution in [2.24, 2.45) is 0 Å². The standard InChI is InChI=1S/C24H28N6O/c1-3-17-14-19(6-9-22(17)25)28-23-16(2)15-27-24(30-23)29-18-4-7-20(8-5-18)31-21-10-12-26-13-11-21/h3-9,14-15,21,26H,1,10-13,25H2,2H3,(H2,27,28,29,30). The number of hydrogen-bond acceptors (Lipinski definition) is 7. The topological polar surface area (TPSA) is 97.1 Å². The van der Waals surface area contributed by atoms with Gasteiger partial charge in [0.2, 0.25) is 5.95 Å². The second kappa shape index (κ2) is 9.49. The number of piperidine rings is 1. The van der Waals surface area contributed by atoms with Crippen LogP contribution < -0.4 is 26.4 Å². The number of aromatic nitrogens is 2. The van der Waals surface area contributed by atoms with Crippen LogP contribution in [0.4, 0.5) is 28.8 Å². The zero-order valence-electron chi connectivity index (χ0n) is 17.7. The maximum atomic E-state index is 6.06. The summed E-state index contributed by atoms with van der Waals surface area (Å²) in [5.74, 6) is 2.12. The fourth-order valence-corrected chi connectivity index (χ4v) is 3.45. The van der Waals surface area contributed by atoms with Gasteiger partial charge in [-0.3, -0.25) is 0 Å². The average Bonchev–Trinajstić information content (AvgIpc) is 2.79. The van der Waals surface area contributed by atoms with E-state index in [0.717, 1.165) is 60.0 Å². The summed E-state index contributed by atoms with van der Waals surface area (Å²) < 4.78 is 6.06. The second-order valence-electron chi connectivity index (χ2n) is 7.61. The lowest BCUT2D eigenvalue weighted by atomic mass is 10.1. The number of nitrogens with one attached hydrogen (secondary N) is 3. The van der Waals surface area contributed by atoms with Gasteiger partial charge >= 0.3 is 0 Å². The van der Waals surface area contributed by atoms with Crippen molar-refractivity contribution in [1.82, 2.24) is 15.3 Å². The summed E-state index contributed by atoms with van der Waals surface area (Å²) in [7, 11) is 0. The van der Waals surface area contributed by atoms with Crippen LogP contribution in [-0.4, -0.2) is 29.2 Å². The first kappa shape index (κ1) is 20.7. The minimum atomic E-state index is 0.282. The lowest BCUT2D eigenvalue weighted by Crippen LogP contribution is -2.34. The highest BCUT2D eigenvalue weighted by Gasteiger charge is 2.14. The third kappa shape index (κ3) is 5.32. The normalized spacial score (nSPS) is 14.1. The van der Waals surface area contributed by atoms with E-state index in [0.29, 0.717) is 11.6 Å².